The van der Waals surface area contributed by atoms with Gasteiger partial charge in [0.05, 0.1) is 23.4 Å². The van der Waals surface area contributed by atoms with Crippen LogP contribution in [0, 0.1) is 13.8 Å². The summed E-state index contributed by atoms with van der Waals surface area (Å²) in [4.78, 5) is 27.5. The molecule has 3 aromatic rings. The van der Waals surface area contributed by atoms with Gasteiger partial charge >= 0.3 is 11.9 Å². The first kappa shape index (κ1) is 20.9. The molecule has 7 nitrogen and oxygen atoms in total. The molecule has 0 aliphatic heterocycles. The smallest absolute Gasteiger partial charge is 0.338 e. The number of carboxylic acids is 1. The largest absolute Gasteiger partial charge is 0.872 e. The van der Waals surface area contributed by atoms with Crippen LogP contribution in [0.2, 0.25) is 0 Å². The number of rotatable bonds is 6. The summed E-state index contributed by atoms with van der Waals surface area (Å²) in [6, 6.07) is 13.0. The summed E-state index contributed by atoms with van der Waals surface area (Å²) >= 11 is 0. The number of carbonyl (C=O) groups is 2. The minimum absolute atomic E-state index is 0.308. The first-order chi connectivity index (χ1) is 14.3. The molecule has 0 saturated carbocycles. The molecule has 3 rings (SSSR count). The number of carboxylic acid groups (broad SMARTS) is 1. The second-order valence-corrected chi connectivity index (χ2v) is 6.68. The van der Waals surface area contributed by atoms with E-state index in [1.165, 1.54) is 18.2 Å². The number of carbonyl (C=O) groups excluding carboxylic acids is 1. The topological polar surface area (TPSA) is 104 Å². The Morgan fingerprint density at radius 3 is 2.63 bits per heavy atom. The highest BCUT2D eigenvalue weighted by Crippen LogP contribution is 2.24. The van der Waals surface area contributed by atoms with E-state index in [2.05, 4.69) is 4.99 Å². The Morgan fingerprint density at radius 2 is 1.93 bits per heavy atom. The summed E-state index contributed by atoms with van der Waals surface area (Å²) in [5.41, 5.74) is 4.02. The van der Waals surface area contributed by atoms with E-state index in [0.717, 1.165) is 22.6 Å². The van der Waals surface area contributed by atoms with Crippen LogP contribution in [0.4, 0.5) is 5.69 Å². The molecule has 1 heterocycles. The Bertz CT molecular complexity index is 1140. The van der Waals surface area contributed by atoms with Crippen LogP contribution in [0.5, 0.6) is 5.75 Å². The number of aromatic carboxylic acids is 1. The van der Waals surface area contributed by atoms with Gasteiger partial charge in [0.1, 0.15) is 0 Å². The highest BCUT2D eigenvalue weighted by molar-refractivity contribution is 5.92. The van der Waals surface area contributed by atoms with Gasteiger partial charge in [-0.3, -0.25) is 4.99 Å². The van der Waals surface area contributed by atoms with Crippen LogP contribution in [-0.4, -0.2) is 34.4 Å². The molecular weight excluding hydrogens is 384 g/mol. The first-order valence-electron chi connectivity index (χ1n) is 9.36. The molecule has 154 valence electrons. The Balaban J connectivity index is 1.94. The predicted molar refractivity (Wildman–Crippen MR) is 111 cm³/mol. The van der Waals surface area contributed by atoms with E-state index in [-0.39, 0.29) is 11.5 Å². The number of aromatic nitrogens is 1. The maximum Gasteiger partial charge on any atom is 0.338 e. The summed E-state index contributed by atoms with van der Waals surface area (Å²) < 4.78 is 7.07. The van der Waals surface area contributed by atoms with E-state index in [1.807, 2.05) is 30.5 Å². The molecule has 1 N–H and O–H groups in total. The van der Waals surface area contributed by atoms with Crippen molar-refractivity contribution in [3.63, 3.8) is 0 Å². The molecule has 0 aliphatic rings. The van der Waals surface area contributed by atoms with E-state index in [0.29, 0.717) is 17.9 Å². The second-order valence-electron chi connectivity index (χ2n) is 6.68. The fourth-order valence-electron chi connectivity index (χ4n) is 3.21. The molecular formula is C23H21N2O5-. The molecule has 7 heteroatoms. The van der Waals surface area contributed by atoms with E-state index >= 15 is 0 Å². The highest BCUT2D eigenvalue weighted by atomic mass is 16.5. The summed E-state index contributed by atoms with van der Waals surface area (Å²) in [5, 5.41) is 20.7. The SMILES string of the molecule is CCOC(=O)c1cccc(-n2c(C)cc(C=Nc3ccc([O-])c(C(=O)O)c3)c2C)c1. The van der Waals surface area contributed by atoms with Crippen LogP contribution in [0.1, 0.15) is 44.6 Å². The fourth-order valence-corrected chi connectivity index (χ4v) is 3.21. The lowest BCUT2D eigenvalue weighted by Crippen LogP contribution is -2.06. The van der Waals surface area contributed by atoms with Crippen LogP contribution in [0.15, 0.2) is 53.5 Å². The highest BCUT2D eigenvalue weighted by Gasteiger charge is 2.13. The minimum atomic E-state index is -1.28. The lowest BCUT2D eigenvalue weighted by Gasteiger charge is -2.11. The molecule has 0 amide bonds. The van der Waals surface area contributed by atoms with Gasteiger partial charge in [0.15, 0.2) is 0 Å². The van der Waals surface area contributed by atoms with Crippen molar-refractivity contribution >= 4 is 23.8 Å². The third kappa shape index (κ3) is 4.25. The summed E-state index contributed by atoms with van der Waals surface area (Å²) in [5.74, 6) is -2.21. The van der Waals surface area contributed by atoms with Crippen molar-refractivity contribution in [3.8, 4) is 11.4 Å². The molecule has 0 bridgehead atoms. The molecule has 0 aliphatic carbocycles. The van der Waals surface area contributed by atoms with Crippen molar-refractivity contribution in [2.75, 3.05) is 6.61 Å². The Morgan fingerprint density at radius 1 is 1.17 bits per heavy atom. The van der Waals surface area contributed by atoms with Crippen LogP contribution >= 0.6 is 0 Å². The summed E-state index contributed by atoms with van der Waals surface area (Å²) in [6.07, 6.45) is 1.62. The Hall–Kier alpha value is -3.87. The van der Waals surface area contributed by atoms with Crippen molar-refractivity contribution in [2.24, 2.45) is 4.99 Å². The maximum atomic E-state index is 12.0. The van der Waals surface area contributed by atoms with Crippen molar-refractivity contribution in [2.45, 2.75) is 20.8 Å². The van der Waals surface area contributed by atoms with Crippen molar-refractivity contribution in [1.29, 1.82) is 0 Å². The van der Waals surface area contributed by atoms with E-state index in [9.17, 15) is 14.7 Å². The van der Waals surface area contributed by atoms with Gasteiger partial charge in [-0.25, -0.2) is 9.59 Å². The predicted octanol–water partition coefficient (Wildman–Crippen LogP) is 3.79. The summed E-state index contributed by atoms with van der Waals surface area (Å²) in [7, 11) is 0. The average molecular weight is 405 g/mol. The number of benzene rings is 2. The lowest BCUT2D eigenvalue weighted by atomic mass is 10.2. The monoisotopic (exact) mass is 405 g/mol. The van der Waals surface area contributed by atoms with E-state index in [4.69, 9.17) is 9.84 Å². The molecule has 2 aromatic carbocycles. The first-order valence-corrected chi connectivity index (χ1v) is 9.36. The zero-order valence-electron chi connectivity index (χ0n) is 16.9. The Kier molecular flexibility index (Phi) is 6.01. The van der Waals surface area contributed by atoms with Crippen LogP contribution < -0.4 is 5.11 Å². The lowest BCUT2D eigenvalue weighted by molar-refractivity contribution is -0.268. The quantitative estimate of drug-likeness (QED) is 0.496. The van der Waals surface area contributed by atoms with Crippen molar-refractivity contribution in [3.05, 3.63) is 76.6 Å². The average Bonchev–Trinajstić information content (AvgIpc) is 3.00. The van der Waals surface area contributed by atoms with Gasteiger partial charge in [-0.15, -0.1) is 0 Å². The van der Waals surface area contributed by atoms with Gasteiger partial charge in [0, 0.05) is 28.9 Å². The number of aliphatic imine (C=N–C) groups is 1. The van der Waals surface area contributed by atoms with Crippen molar-refractivity contribution in [1.82, 2.24) is 4.57 Å². The van der Waals surface area contributed by atoms with Gasteiger partial charge in [-0.2, -0.15) is 0 Å². The molecule has 0 fully saturated rings. The van der Waals surface area contributed by atoms with Gasteiger partial charge < -0.3 is 19.5 Å². The number of ether oxygens (including phenoxy) is 1. The third-order valence-corrected chi connectivity index (χ3v) is 4.63. The number of hydrogen-bond acceptors (Lipinski definition) is 5. The maximum absolute atomic E-state index is 12.0. The molecule has 0 unspecified atom stereocenters. The van der Waals surface area contributed by atoms with Crippen LogP contribution in [-0.2, 0) is 4.74 Å². The molecule has 1 aromatic heterocycles. The molecule has 0 saturated heterocycles. The second kappa shape index (κ2) is 8.65. The number of esters is 1. The van der Waals surface area contributed by atoms with Gasteiger partial charge in [-0.05, 0) is 57.2 Å². The fraction of sp³-hybridized carbons (Fsp3) is 0.174. The van der Waals surface area contributed by atoms with Crippen LogP contribution in [0.25, 0.3) is 5.69 Å². The third-order valence-electron chi connectivity index (χ3n) is 4.63. The number of nitrogens with zero attached hydrogens (tertiary/aromatic N) is 2. The van der Waals surface area contributed by atoms with Gasteiger partial charge in [0.25, 0.3) is 0 Å². The number of hydrogen-bond donors (Lipinski definition) is 1. The zero-order chi connectivity index (χ0) is 21.8. The number of aryl methyl sites for hydroxylation is 1. The normalized spacial score (nSPS) is 11.0. The van der Waals surface area contributed by atoms with Crippen LogP contribution in [0.3, 0.4) is 0 Å². The van der Waals surface area contributed by atoms with Crippen molar-refractivity contribution < 1.29 is 24.5 Å². The van der Waals surface area contributed by atoms with Gasteiger partial charge in [-0.1, -0.05) is 17.9 Å². The molecule has 0 radical (unpaired) electrons. The van der Waals surface area contributed by atoms with E-state index in [1.54, 1.807) is 31.3 Å². The minimum Gasteiger partial charge on any atom is -0.872 e. The summed E-state index contributed by atoms with van der Waals surface area (Å²) in [6.45, 7) is 5.94. The van der Waals surface area contributed by atoms with E-state index < -0.39 is 11.7 Å². The standard InChI is InChI=1S/C23H22N2O5/c1-4-30-23(29)16-6-5-7-19(11-16)25-14(2)10-17(15(25)3)13-24-18-8-9-21(26)20(12-18)22(27)28/h5-13,26H,4H2,1-3H3,(H,27,28)/p-1. The zero-order valence-corrected chi connectivity index (χ0v) is 16.9. The molecule has 0 atom stereocenters. The molecule has 0 spiro atoms. The molecule has 30 heavy (non-hydrogen) atoms. The van der Waals surface area contributed by atoms with Gasteiger partial charge in [0.2, 0.25) is 0 Å². The Labute approximate surface area is 173 Å².